The molecule has 0 heterocycles. The van der Waals surface area contributed by atoms with Crippen LogP contribution in [0.4, 0.5) is 0 Å². The molecule has 0 bridgehead atoms. The minimum absolute atomic E-state index is 0.470. The second-order valence-corrected chi connectivity index (χ2v) is 6.02. The molecule has 0 aromatic heterocycles. The minimum Gasteiger partial charge on any atom is -0.455 e. The van der Waals surface area contributed by atoms with Gasteiger partial charge >= 0.3 is 0 Å². The van der Waals surface area contributed by atoms with Crippen LogP contribution in [-0.2, 0) is 5.88 Å². The summed E-state index contributed by atoms with van der Waals surface area (Å²) in [6.45, 7) is 0. The fourth-order valence-electron chi connectivity index (χ4n) is 1.39. The molecule has 0 fully saturated rings. The minimum atomic E-state index is 0.470. The van der Waals surface area contributed by atoms with E-state index in [0.717, 1.165) is 14.5 Å². The van der Waals surface area contributed by atoms with Crippen molar-refractivity contribution < 1.29 is 4.74 Å². The smallest absolute Gasteiger partial charge is 0.146 e. The molecule has 0 aliphatic rings. The van der Waals surface area contributed by atoms with Gasteiger partial charge in [-0.25, -0.2) is 0 Å². The van der Waals surface area contributed by atoms with Crippen molar-refractivity contribution >= 4 is 55.1 Å². The highest BCUT2D eigenvalue weighted by atomic mass is 79.9. The number of ether oxygens (including phenoxy) is 1. The van der Waals surface area contributed by atoms with Crippen molar-refractivity contribution in [3.63, 3.8) is 0 Å². The first-order valence-electron chi connectivity index (χ1n) is 5.07. The van der Waals surface area contributed by atoms with Crippen molar-refractivity contribution in [3.05, 3.63) is 55.9 Å². The van der Waals surface area contributed by atoms with Gasteiger partial charge in [0.1, 0.15) is 11.5 Å². The van der Waals surface area contributed by atoms with Gasteiger partial charge < -0.3 is 4.74 Å². The maximum atomic E-state index is 6.10. The Kier molecular flexibility index (Phi) is 4.96. The zero-order valence-electron chi connectivity index (χ0n) is 9.09. The average Bonchev–Trinajstić information content (AvgIpc) is 2.34. The Morgan fingerprint density at radius 3 is 2.33 bits per heavy atom. The fourth-order valence-corrected chi connectivity index (χ4v) is 2.77. The van der Waals surface area contributed by atoms with Crippen LogP contribution in [0.1, 0.15) is 5.56 Å². The van der Waals surface area contributed by atoms with Crippen molar-refractivity contribution in [1.29, 1.82) is 0 Å². The predicted molar refractivity (Wildman–Crippen MR) is 82.9 cm³/mol. The van der Waals surface area contributed by atoms with E-state index in [-0.39, 0.29) is 0 Å². The van der Waals surface area contributed by atoms with Crippen molar-refractivity contribution in [2.75, 3.05) is 0 Å². The lowest BCUT2D eigenvalue weighted by Gasteiger charge is -2.10. The molecule has 2 aromatic carbocycles. The number of halogens is 4. The fraction of sp³-hybridized carbons (Fsp3) is 0.0769. The molecule has 0 radical (unpaired) electrons. The lowest BCUT2D eigenvalue weighted by atomic mass is 10.2. The number of rotatable bonds is 3. The maximum absolute atomic E-state index is 6.10. The summed E-state index contributed by atoms with van der Waals surface area (Å²) in [7, 11) is 0. The van der Waals surface area contributed by atoms with Crippen LogP contribution in [0, 0.1) is 0 Å². The summed E-state index contributed by atoms with van der Waals surface area (Å²) in [5.41, 5.74) is 1.03. The third kappa shape index (κ3) is 3.41. The first-order valence-corrected chi connectivity index (χ1v) is 7.57. The number of benzene rings is 2. The second-order valence-electron chi connectivity index (χ2n) is 3.58. The van der Waals surface area contributed by atoms with Crippen LogP contribution in [0.15, 0.2) is 45.3 Å². The van der Waals surface area contributed by atoms with Crippen LogP contribution >= 0.6 is 55.1 Å². The van der Waals surface area contributed by atoms with Gasteiger partial charge in [0.05, 0.1) is 9.50 Å². The molecule has 0 spiro atoms. The van der Waals surface area contributed by atoms with Gasteiger partial charge in [-0.1, -0.05) is 33.6 Å². The molecule has 0 amide bonds. The Hall–Kier alpha value is -0.220. The standard InChI is InChI=1S/C13H8Br2Cl2O/c14-9-2-4-13(11(17)6-9)18-12-3-1-8(7-16)5-10(12)15/h1-6H,7H2. The van der Waals surface area contributed by atoms with Gasteiger partial charge in [0, 0.05) is 10.4 Å². The van der Waals surface area contributed by atoms with Crippen molar-refractivity contribution in [2.24, 2.45) is 0 Å². The summed E-state index contributed by atoms with van der Waals surface area (Å²) in [4.78, 5) is 0. The summed E-state index contributed by atoms with van der Waals surface area (Å²) in [5.74, 6) is 1.78. The van der Waals surface area contributed by atoms with E-state index in [4.69, 9.17) is 27.9 Å². The van der Waals surface area contributed by atoms with Gasteiger partial charge in [-0.3, -0.25) is 0 Å². The Morgan fingerprint density at radius 1 is 1.00 bits per heavy atom. The molecule has 2 aromatic rings. The van der Waals surface area contributed by atoms with Gasteiger partial charge in [0.15, 0.2) is 0 Å². The van der Waals surface area contributed by atoms with Gasteiger partial charge in [0.25, 0.3) is 0 Å². The first kappa shape index (κ1) is 14.2. The van der Waals surface area contributed by atoms with E-state index in [0.29, 0.717) is 22.4 Å². The van der Waals surface area contributed by atoms with E-state index in [9.17, 15) is 0 Å². The molecule has 5 heteroatoms. The monoisotopic (exact) mass is 408 g/mol. The molecule has 0 aliphatic carbocycles. The Labute approximate surface area is 132 Å². The summed E-state index contributed by atoms with van der Waals surface area (Å²) in [6.07, 6.45) is 0. The summed E-state index contributed by atoms with van der Waals surface area (Å²) in [6, 6.07) is 11.2. The molecule has 0 unspecified atom stereocenters. The van der Waals surface area contributed by atoms with E-state index in [1.165, 1.54) is 0 Å². The van der Waals surface area contributed by atoms with E-state index in [1.54, 1.807) is 6.07 Å². The SMILES string of the molecule is ClCc1ccc(Oc2ccc(Br)cc2Cl)c(Br)c1. The number of hydrogen-bond donors (Lipinski definition) is 0. The van der Waals surface area contributed by atoms with Crippen LogP contribution in [0.25, 0.3) is 0 Å². The highest BCUT2D eigenvalue weighted by molar-refractivity contribution is 9.10. The van der Waals surface area contributed by atoms with E-state index < -0.39 is 0 Å². The van der Waals surface area contributed by atoms with Crippen molar-refractivity contribution in [1.82, 2.24) is 0 Å². The van der Waals surface area contributed by atoms with Gasteiger partial charge in [0.2, 0.25) is 0 Å². The Bertz CT molecular complexity index is 573. The van der Waals surface area contributed by atoms with Crippen LogP contribution in [0.3, 0.4) is 0 Å². The third-order valence-corrected chi connectivity index (χ3v) is 3.98. The molecule has 0 atom stereocenters. The van der Waals surface area contributed by atoms with Crippen LogP contribution < -0.4 is 4.74 Å². The van der Waals surface area contributed by atoms with Crippen LogP contribution in [0.2, 0.25) is 5.02 Å². The Balaban J connectivity index is 2.28. The van der Waals surface area contributed by atoms with Crippen LogP contribution in [0.5, 0.6) is 11.5 Å². The van der Waals surface area contributed by atoms with Gasteiger partial charge in [-0.05, 0) is 51.8 Å². The zero-order valence-corrected chi connectivity index (χ0v) is 13.8. The summed E-state index contributed by atoms with van der Waals surface area (Å²) < 4.78 is 7.51. The van der Waals surface area contributed by atoms with Gasteiger partial charge in [-0.15, -0.1) is 11.6 Å². The number of alkyl halides is 1. The average molecular weight is 411 g/mol. The molecular formula is C13H8Br2Cl2O. The second kappa shape index (κ2) is 6.29. The summed E-state index contributed by atoms with van der Waals surface area (Å²) in [5, 5.41) is 0.553. The normalized spacial score (nSPS) is 10.4. The topological polar surface area (TPSA) is 9.23 Å². The van der Waals surface area contributed by atoms with E-state index in [1.807, 2.05) is 30.3 Å². The highest BCUT2D eigenvalue weighted by Crippen LogP contribution is 2.35. The zero-order chi connectivity index (χ0) is 13.1. The van der Waals surface area contributed by atoms with E-state index >= 15 is 0 Å². The molecule has 0 saturated carbocycles. The molecule has 94 valence electrons. The molecule has 0 saturated heterocycles. The third-order valence-electron chi connectivity index (χ3n) is 2.26. The molecule has 2 rings (SSSR count). The Morgan fingerprint density at radius 2 is 1.72 bits per heavy atom. The van der Waals surface area contributed by atoms with Crippen molar-refractivity contribution in [3.8, 4) is 11.5 Å². The molecule has 18 heavy (non-hydrogen) atoms. The quantitative estimate of drug-likeness (QED) is 0.532. The lowest BCUT2D eigenvalue weighted by molar-refractivity contribution is 0.479. The molecule has 1 nitrogen and oxygen atoms in total. The molecule has 0 aliphatic heterocycles. The van der Waals surface area contributed by atoms with Gasteiger partial charge in [-0.2, -0.15) is 0 Å². The predicted octanol–water partition coefficient (Wildman–Crippen LogP) is 6.40. The summed E-state index contributed by atoms with van der Waals surface area (Å²) >= 11 is 18.7. The number of hydrogen-bond acceptors (Lipinski definition) is 1. The van der Waals surface area contributed by atoms with Crippen LogP contribution in [-0.4, -0.2) is 0 Å². The lowest BCUT2D eigenvalue weighted by Crippen LogP contribution is -1.88. The van der Waals surface area contributed by atoms with Crippen molar-refractivity contribution in [2.45, 2.75) is 5.88 Å². The van der Waals surface area contributed by atoms with E-state index in [2.05, 4.69) is 31.9 Å². The molecular weight excluding hydrogens is 403 g/mol. The first-order chi connectivity index (χ1) is 8.60. The molecule has 0 N–H and O–H groups in total. The largest absolute Gasteiger partial charge is 0.455 e. The maximum Gasteiger partial charge on any atom is 0.146 e. The highest BCUT2D eigenvalue weighted by Gasteiger charge is 2.07.